The zero-order valence-electron chi connectivity index (χ0n) is 26.6. The molecule has 6 fully saturated rings. The number of rotatable bonds is 6. The number of aliphatic hydroxyl groups is 2. The minimum absolute atomic E-state index is 0.0167. The van der Waals surface area contributed by atoms with E-state index in [1.807, 2.05) is 13.8 Å². The Morgan fingerprint density at radius 1 is 1.00 bits per heavy atom. The molecule has 0 aromatic rings. The van der Waals surface area contributed by atoms with Crippen molar-refractivity contribution in [2.75, 3.05) is 6.61 Å². The molecule has 7 heteroatoms. The van der Waals surface area contributed by atoms with Crippen LogP contribution >= 0.6 is 0 Å². The Labute approximate surface area is 246 Å². The van der Waals surface area contributed by atoms with E-state index in [0.717, 1.165) is 51.4 Å². The minimum Gasteiger partial charge on any atom is -0.468 e. The summed E-state index contributed by atoms with van der Waals surface area (Å²) in [5.74, 6) is 0.570. The Balaban J connectivity index is 1.37. The zero-order chi connectivity index (χ0) is 30.0. The molecule has 0 bridgehead atoms. The second-order valence-electron chi connectivity index (χ2n) is 17.1. The van der Waals surface area contributed by atoms with Crippen molar-refractivity contribution in [1.29, 1.82) is 0 Å². The fraction of sp³-hybridized carbons (Fsp3) is 0.941. The van der Waals surface area contributed by atoms with Gasteiger partial charge in [0.1, 0.15) is 6.10 Å². The third-order valence-electron chi connectivity index (χ3n) is 14.7. The lowest BCUT2D eigenvalue weighted by molar-refractivity contribution is -0.216. The molecule has 5 saturated carbocycles. The maximum absolute atomic E-state index is 12.6. The summed E-state index contributed by atoms with van der Waals surface area (Å²) in [5, 5.41) is 22.7. The predicted molar refractivity (Wildman–Crippen MR) is 154 cm³/mol. The molecule has 6 aliphatic rings. The number of ether oxygens (including phenoxy) is 3. The molecule has 0 radical (unpaired) electrons. The first-order chi connectivity index (χ1) is 18.9. The Morgan fingerprint density at radius 3 is 2.32 bits per heavy atom. The fourth-order valence-electron chi connectivity index (χ4n) is 13.0. The van der Waals surface area contributed by atoms with E-state index < -0.39 is 17.3 Å². The molecule has 1 saturated heterocycles. The molecule has 7 nitrogen and oxygen atoms in total. The topological polar surface area (TPSA) is 102 Å². The molecule has 0 aromatic carbocycles. The van der Waals surface area contributed by atoms with E-state index in [0.29, 0.717) is 19.0 Å². The number of carbonyl (C=O) groups is 2. The van der Waals surface area contributed by atoms with Crippen LogP contribution in [-0.4, -0.2) is 58.8 Å². The minimum atomic E-state index is -0.916. The second-order valence-corrected chi connectivity index (χ2v) is 17.1. The Morgan fingerprint density at radius 2 is 1.71 bits per heavy atom. The van der Waals surface area contributed by atoms with Gasteiger partial charge in [-0.25, -0.2) is 0 Å². The number of aliphatic hydroxyl groups excluding tert-OH is 1. The summed E-state index contributed by atoms with van der Waals surface area (Å²) in [5.41, 5.74) is -1.49. The molecule has 5 aliphatic carbocycles. The highest BCUT2D eigenvalue weighted by atomic mass is 16.5. The summed E-state index contributed by atoms with van der Waals surface area (Å²) in [6, 6.07) is 0. The van der Waals surface area contributed by atoms with E-state index in [-0.39, 0.29) is 63.0 Å². The van der Waals surface area contributed by atoms with Crippen molar-refractivity contribution in [2.24, 2.45) is 50.7 Å². The largest absolute Gasteiger partial charge is 0.468 e. The van der Waals surface area contributed by atoms with Crippen molar-refractivity contribution in [3.8, 4) is 0 Å². The van der Waals surface area contributed by atoms with E-state index in [9.17, 15) is 19.8 Å². The molecule has 12 atom stereocenters. The maximum Gasteiger partial charge on any atom is 0.302 e. The van der Waals surface area contributed by atoms with Gasteiger partial charge in [-0.1, -0.05) is 27.7 Å². The van der Waals surface area contributed by atoms with Crippen LogP contribution < -0.4 is 0 Å². The predicted octanol–water partition coefficient (Wildman–Crippen LogP) is 5.44. The van der Waals surface area contributed by atoms with E-state index >= 15 is 0 Å². The van der Waals surface area contributed by atoms with Crippen molar-refractivity contribution in [3.05, 3.63) is 0 Å². The number of carbonyl (C=O) groups excluding carboxylic acids is 2. The van der Waals surface area contributed by atoms with Gasteiger partial charge in [-0.15, -0.1) is 0 Å². The van der Waals surface area contributed by atoms with Crippen LogP contribution in [0.4, 0.5) is 0 Å². The summed E-state index contributed by atoms with van der Waals surface area (Å²) >= 11 is 0. The van der Waals surface area contributed by atoms with Gasteiger partial charge >= 0.3 is 5.97 Å². The van der Waals surface area contributed by atoms with Gasteiger partial charge in [-0.05, 0) is 117 Å². The highest BCUT2D eigenvalue weighted by Gasteiger charge is 2.85. The lowest BCUT2D eigenvalue weighted by atomic mass is 9.40. The maximum atomic E-state index is 12.6. The van der Waals surface area contributed by atoms with Crippen LogP contribution in [0.15, 0.2) is 0 Å². The molecule has 232 valence electrons. The van der Waals surface area contributed by atoms with Crippen LogP contribution in [0.1, 0.15) is 113 Å². The quantitative estimate of drug-likeness (QED) is 0.322. The molecule has 1 aliphatic heterocycles. The van der Waals surface area contributed by atoms with Crippen molar-refractivity contribution < 1.29 is 34.0 Å². The van der Waals surface area contributed by atoms with Crippen LogP contribution in [0.3, 0.4) is 0 Å². The van der Waals surface area contributed by atoms with Gasteiger partial charge in [0.25, 0.3) is 6.47 Å². The zero-order valence-corrected chi connectivity index (χ0v) is 26.6. The Kier molecular flexibility index (Phi) is 6.51. The second kappa shape index (κ2) is 8.94. The van der Waals surface area contributed by atoms with Gasteiger partial charge in [0.05, 0.1) is 30.0 Å². The SMILES string of the molecule is CC(=O)O[C@H]1C[C@@H]2[C@]3(CC[C@]4(C)[C@@H]([C@@]5(C)CC[C@@H](C(C)(C)O)O5)[C@@H](O)C[C@@]24C)CC32CC[C@H](COC=O)C(C)(C)[C@H]12. The molecular formula is C34H54O7. The summed E-state index contributed by atoms with van der Waals surface area (Å²) in [6.07, 6.45) is 7.75. The molecule has 6 rings (SSSR count). The Hall–Kier alpha value is -1.18. The third kappa shape index (κ3) is 3.79. The highest BCUT2D eigenvalue weighted by molar-refractivity contribution is 5.66. The van der Waals surface area contributed by atoms with Gasteiger partial charge < -0.3 is 24.4 Å². The summed E-state index contributed by atoms with van der Waals surface area (Å²) in [7, 11) is 0. The van der Waals surface area contributed by atoms with Gasteiger partial charge in [-0.2, -0.15) is 0 Å². The molecule has 41 heavy (non-hydrogen) atoms. The van der Waals surface area contributed by atoms with E-state index in [1.165, 1.54) is 13.3 Å². The third-order valence-corrected chi connectivity index (χ3v) is 14.7. The molecule has 0 aromatic heterocycles. The molecule has 2 N–H and O–H groups in total. The van der Waals surface area contributed by atoms with E-state index in [2.05, 4.69) is 34.6 Å². The lowest BCUT2D eigenvalue weighted by Gasteiger charge is -2.65. The number of esters is 1. The summed E-state index contributed by atoms with van der Waals surface area (Å²) in [6.45, 7) is 17.8. The van der Waals surface area contributed by atoms with Crippen molar-refractivity contribution in [3.63, 3.8) is 0 Å². The first-order valence-electron chi connectivity index (χ1n) is 16.2. The lowest BCUT2D eigenvalue weighted by Crippen LogP contribution is -2.62. The van der Waals surface area contributed by atoms with Crippen LogP contribution in [0.25, 0.3) is 0 Å². The average Bonchev–Trinajstić information content (AvgIpc) is 3.20. The van der Waals surface area contributed by atoms with Crippen LogP contribution in [0, 0.1) is 50.7 Å². The van der Waals surface area contributed by atoms with E-state index in [4.69, 9.17) is 14.2 Å². The van der Waals surface area contributed by atoms with Gasteiger partial charge in [0.15, 0.2) is 0 Å². The van der Waals surface area contributed by atoms with Crippen LogP contribution in [0.2, 0.25) is 0 Å². The van der Waals surface area contributed by atoms with Gasteiger partial charge in [-0.3, -0.25) is 9.59 Å². The fourth-order valence-corrected chi connectivity index (χ4v) is 13.0. The average molecular weight is 575 g/mol. The van der Waals surface area contributed by atoms with Crippen molar-refractivity contribution in [1.82, 2.24) is 0 Å². The van der Waals surface area contributed by atoms with Crippen molar-refractivity contribution in [2.45, 2.75) is 143 Å². The molecule has 1 heterocycles. The standard InChI is InChI=1S/C34H54O7/c1-20(36)40-23-15-24-31(7)16-22(37)26(32(8)11-10-25(41-32)29(4,5)38)30(31,6)13-14-33(24)18-34(33)12-9-21(17-39-19-35)28(2,3)27(23)34/h19,21-27,37-38H,9-18H2,1-8H3/t21-,22+,23+,24+,25+,26+,27+,30-,31+,32-,33+,34?/m1/s1. The monoisotopic (exact) mass is 574 g/mol. The summed E-state index contributed by atoms with van der Waals surface area (Å²) < 4.78 is 18.3. The molecule has 2 spiro atoms. The molecule has 0 amide bonds. The van der Waals surface area contributed by atoms with Crippen molar-refractivity contribution >= 4 is 12.4 Å². The Bertz CT molecular complexity index is 1100. The smallest absolute Gasteiger partial charge is 0.302 e. The van der Waals surface area contributed by atoms with Gasteiger partial charge in [0, 0.05) is 18.8 Å². The van der Waals surface area contributed by atoms with Crippen LogP contribution in [0.5, 0.6) is 0 Å². The summed E-state index contributed by atoms with van der Waals surface area (Å²) in [4.78, 5) is 23.6. The number of fused-ring (bicyclic) bond motifs is 2. The highest BCUT2D eigenvalue weighted by Crippen LogP contribution is 2.89. The molecule has 1 unspecified atom stereocenters. The van der Waals surface area contributed by atoms with Gasteiger partial charge in [0.2, 0.25) is 0 Å². The number of hydrogen-bond donors (Lipinski definition) is 2. The first-order valence-corrected chi connectivity index (χ1v) is 16.2. The normalized spacial score (nSPS) is 53.4. The van der Waals surface area contributed by atoms with Crippen LogP contribution in [-0.2, 0) is 23.8 Å². The van der Waals surface area contributed by atoms with E-state index in [1.54, 1.807) is 0 Å². The molecular weight excluding hydrogens is 520 g/mol. The number of hydrogen-bond acceptors (Lipinski definition) is 7. The first kappa shape index (κ1) is 29.9.